The Balaban J connectivity index is 1.68. The van der Waals surface area contributed by atoms with Crippen molar-refractivity contribution in [2.24, 2.45) is 4.99 Å². The molecule has 1 aromatic carbocycles. The maximum absolute atomic E-state index is 12.2. The Bertz CT molecular complexity index is 1010. The molecule has 1 amide bonds. The molecule has 0 fully saturated rings. The summed E-state index contributed by atoms with van der Waals surface area (Å²) in [6.07, 6.45) is 3.26. The van der Waals surface area contributed by atoms with Crippen LogP contribution in [0.25, 0.3) is 5.69 Å². The first-order valence-electron chi connectivity index (χ1n) is 9.90. The summed E-state index contributed by atoms with van der Waals surface area (Å²) in [6.45, 7) is 7.24. The molecule has 0 aliphatic heterocycles. The number of para-hydroxylation sites is 1. The van der Waals surface area contributed by atoms with Crippen LogP contribution >= 0.6 is 0 Å². The molecule has 3 aromatic rings. The van der Waals surface area contributed by atoms with Crippen molar-refractivity contribution in [1.82, 2.24) is 25.4 Å². The first kappa shape index (κ1) is 21.0. The molecule has 8 nitrogen and oxygen atoms in total. The van der Waals surface area contributed by atoms with Gasteiger partial charge in [-0.05, 0) is 50.6 Å². The summed E-state index contributed by atoms with van der Waals surface area (Å²) in [7, 11) is 0. The van der Waals surface area contributed by atoms with Crippen LogP contribution in [-0.2, 0) is 11.3 Å². The zero-order valence-corrected chi connectivity index (χ0v) is 17.5. The van der Waals surface area contributed by atoms with Gasteiger partial charge < -0.3 is 16.0 Å². The number of nitrogens with one attached hydrogen (secondary N) is 3. The second-order valence-electron chi connectivity index (χ2n) is 6.81. The van der Waals surface area contributed by atoms with Crippen LogP contribution in [0.2, 0.25) is 0 Å². The highest BCUT2D eigenvalue weighted by Gasteiger charge is 2.09. The molecule has 0 radical (unpaired) electrons. The molecule has 0 saturated heterocycles. The summed E-state index contributed by atoms with van der Waals surface area (Å²) < 4.78 is 1.93. The van der Waals surface area contributed by atoms with Gasteiger partial charge in [-0.3, -0.25) is 9.78 Å². The van der Waals surface area contributed by atoms with Crippen LogP contribution in [0.1, 0.15) is 23.9 Å². The van der Waals surface area contributed by atoms with Gasteiger partial charge in [0.25, 0.3) is 0 Å². The van der Waals surface area contributed by atoms with E-state index in [-0.39, 0.29) is 12.5 Å². The molecule has 156 valence electrons. The Hall–Kier alpha value is -3.68. The highest BCUT2D eigenvalue weighted by atomic mass is 16.1. The monoisotopic (exact) mass is 405 g/mol. The number of carbonyl (C=O) groups excluding carboxylic acids is 1. The molecular formula is C22H27N7O. The van der Waals surface area contributed by atoms with Gasteiger partial charge in [0.05, 0.1) is 36.4 Å². The minimum atomic E-state index is -0.170. The van der Waals surface area contributed by atoms with Crippen molar-refractivity contribution in [2.75, 3.05) is 18.4 Å². The van der Waals surface area contributed by atoms with Crippen molar-refractivity contribution in [2.45, 2.75) is 27.3 Å². The maximum Gasteiger partial charge on any atom is 0.243 e. The number of amides is 1. The van der Waals surface area contributed by atoms with E-state index in [1.807, 2.05) is 55.8 Å². The van der Waals surface area contributed by atoms with E-state index >= 15 is 0 Å². The van der Waals surface area contributed by atoms with E-state index in [0.717, 1.165) is 22.6 Å². The van der Waals surface area contributed by atoms with Crippen LogP contribution in [-0.4, -0.2) is 39.7 Å². The number of benzene rings is 1. The molecule has 3 rings (SSSR count). The predicted molar refractivity (Wildman–Crippen MR) is 119 cm³/mol. The number of pyridine rings is 1. The molecule has 0 aliphatic carbocycles. The van der Waals surface area contributed by atoms with Crippen molar-refractivity contribution in [3.05, 3.63) is 71.8 Å². The summed E-state index contributed by atoms with van der Waals surface area (Å²) in [5.41, 5.74) is 4.74. The predicted octanol–water partition coefficient (Wildman–Crippen LogP) is 2.58. The molecule has 8 heteroatoms. The van der Waals surface area contributed by atoms with E-state index < -0.39 is 0 Å². The van der Waals surface area contributed by atoms with Gasteiger partial charge in [0.15, 0.2) is 5.96 Å². The highest BCUT2D eigenvalue weighted by molar-refractivity contribution is 5.94. The number of carbonyl (C=O) groups is 1. The van der Waals surface area contributed by atoms with E-state index in [4.69, 9.17) is 0 Å². The lowest BCUT2D eigenvalue weighted by Gasteiger charge is -2.13. The van der Waals surface area contributed by atoms with Crippen molar-refractivity contribution >= 4 is 17.6 Å². The minimum Gasteiger partial charge on any atom is -0.357 e. The number of aromatic nitrogens is 3. The first-order chi connectivity index (χ1) is 14.6. The standard InChI is InChI=1S/C22H27N7O/c1-4-24-22(26-15-21(30)27-19-9-7-11-23-14-19)25-13-18-8-5-6-10-20(18)29-17(3)12-16(2)28-29/h5-12,14H,4,13,15H2,1-3H3,(H,27,30)(H2,24,25,26). The number of nitrogens with zero attached hydrogens (tertiary/aromatic N) is 4. The Morgan fingerprint density at radius 2 is 1.97 bits per heavy atom. The zero-order valence-electron chi connectivity index (χ0n) is 17.5. The fourth-order valence-corrected chi connectivity index (χ4v) is 3.04. The summed E-state index contributed by atoms with van der Waals surface area (Å²) in [6, 6.07) is 13.7. The Morgan fingerprint density at radius 3 is 2.67 bits per heavy atom. The summed E-state index contributed by atoms with van der Waals surface area (Å²) >= 11 is 0. The largest absolute Gasteiger partial charge is 0.357 e. The molecule has 3 N–H and O–H groups in total. The molecule has 0 spiro atoms. The third kappa shape index (κ3) is 5.66. The molecule has 0 atom stereocenters. The van der Waals surface area contributed by atoms with E-state index in [1.165, 1.54) is 0 Å². The van der Waals surface area contributed by atoms with E-state index in [1.54, 1.807) is 24.5 Å². The van der Waals surface area contributed by atoms with Crippen LogP contribution in [0.5, 0.6) is 0 Å². The van der Waals surface area contributed by atoms with Crippen molar-refractivity contribution < 1.29 is 4.79 Å². The summed E-state index contributed by atoms with van der Waals surface area (Å²) in [4.78, 5) is 20.8. The lowest BCUT2D eigenvalue weighted by Crippen LogP contribution is -2.41. The SMILES string of the molecule is CCNC(=NCc1ccccc1-n1nc(C)cc1C)NCC(=O)Nc1cccnc1. The van der Waals surface area contributed by atoms with Gasteiger partial charge in [0.2, 0.25) is 5.91 Å². The lowest BCUT2D eigenvalue weighted by molar-refractivity contribution is -0.115. The molecule has 2 heterocycles. The normalized spacial score (nSPS) is 11.2. The second kappa shape index (κ2) is 10.2. The lowest BCUT2D eigenvalue weighted by atomic mass is 10.2. The Morgan fingerprint density at radius 1 is 1.13 bits per heavy atom. The van der Waals surface area contributed by atoms with Gasteiger partial charge >= 0.3 is 0 Å². The minimum absolute atomic E-state index is 0.0971. The maximum atomic E-state index is 12.2. The molecule has 0 unspecified atom stereocenters. The zero-order chi connectivity index (χ0) is 21.3. The Labute approximate surface area is 176 Å². The van der Waals surface area contributed by atoms with Crippen LogP contribution in [0, 0.1) is 13.8 Å². The van der Waals surface area contributed by atoms with Crippen molar-refractivity contribution in [3.63, 3.8) is 0 Å². The van der Waals surface area contributed by atoms with Crippen LogP contribution < -0.4 is 16.0 Å². The third-order valence-corrected chi connectivity index (χ3v) is 4.34. The number of hydrogen-bond acceptors (Lipinski definition) is 4. The first-order valence-corrected chi connectivity index (χ1v) is 9.90. The van der Waals surface area contributed by atoms with E-state index in [9.17, 15) is 4.79 Å². The average molecular weight is 406 g/mol. The molecular weight excluding hydrogens is 378 g/mol. The number of hydrogen-bond donors (Lipinski definition) is 3. The molecule has 0 bridgehead atoms. The number of guanidine groups is 1. The quantitative estimate of drug-likeness (QED) is 0.415. The summed E-state index contributed by atoms with van der Waals surface area (Å²) in [5, 5.41) is 13.6. The number of aryl methyl sites for hydroxylation is 2. The van der Waals surface area contributed by atoms with Gasteiger partial charge in [-0.25, -0.2) is 9.67 Å². The van der Waals surface area contributed by atoms with Crippen molar-refractivity contribution in [1.29, 1.82) is 0 Å². The van der Waals surface area contributed by atoms with Gasteiger partial charge in [-0.2, -0.15) is 5.10 Å². The molecule has 30 heavy (non-hydrogen) atoms. The van der Waals surface area contributed by atoms with Gasteiger partial charge in [-0.15, -0.1) is 0 Å². The van der Waals surface area contributed by atoms with E-state index in [2.05, 4.69) is 31.0 Å². The number of anilines is 1. The van der Waals surface area contributed by atoms with Gasteiger partial charge in [0, 0.05) is 18.4 Å². The molecule has 0 saturated carbocycles. The summed E-state index contributed by atoms with van der Waals surface area (Å²) in [5.74, 6) is 0.402. The topological polar surface area (TPSA) is 96.2 Å². The van der Waals surface area contributed by atoms with Gasteiger partial charge in [-0.1, -0.05) is 18.2 Å². The number of aliphatic imine (C=N–C) groups is 1. The van der Waals surface area contributed by atoms with Crippen molar-refractivity contribution in [3.8, 4) is 5.69 Å². The fourth-order valence-electron chi connectivity index (χ4n) is 3.04. The Kier molecular flexibility index (Phi) is 7.15. The average Bonchev–Trinajstić information content (AvgIpc) is 3.09. The highest BCUT2D eigenvalue weighted by Crippen LogP contribution is 2.17. The van der Waals surface area contributed by atoms with Crippen LogP contribution in [0.3, 0.4) is 0 Å². The smallest absolute Gasteiger partial charge is 0.243 e. The van der Waals surface area contributed by atoms with E-state index in [0.29, 0.717) is 24.7 Å². The third-order valence-electron chi connectivity index (χ3n) is 4.34. The van der Waals surface area contributed by atoms with Crippen LogP contribution in [0.4, 0.5) is 5.69 Å². The molecule has 2 aromatic heterocycles. The molecule has 0 aliphatic rings. The van der Waals surface area contributed by atoms with Gasteiger partial charge in [0.1, 0.15) is 0 Å². The fraction of sp³-hybridized carbons (Fsp3) is 0.273. The second-order valence-corrected chi connectivity index (χ2v) is 6.81. The number of rotatable bonds is 7. The van der Waals surface area contributed by atoms with Crippen LogP contribution in [0.15, 0.2) is 59.9 Å².